The maximum Gasteiger partial charge on any atom is 0.707 e. The molecule has 3 nitrogen and oxygen atoms in total. The van der Waals surface area contributed by atoms with E-state index in [2.05, 4.69) is 4.65 Å². The molecule has 2 N–H and O–H groups in total. The standard InChI is InChI=1S/C6H3BF4O3.C6H6/c8-2-1-3(9)5(11)6(4(2)10)14-7(12)13;1-2-4-6-5-3-1/h1,12-13H;1-6H. The fourth-order valence-corrected chi connectivity index (χ4v) is 1.15. The van der Waals surface area contributed by atoms with Crippen molar-refractivity contribution in [2.24, 2.45) is 0 Å². The highest BCUT2D eigenvalue weighted by atomic mass is 19.2. The third-order valence-corrected chi connectivity index (χ3v) is 1.96. The molecule has 0 saturated heterocycles. The Morgan fingerprint density at radius 3 is 1.40 bits per heavy atom. The molecule has 0 radical (unpaired) electrons. The van der Waals surface area contributed by atoms with Gasteiger partial charge in [0.15, 0.2) is 17.4 Å². The van der Waals surface area contributed by atoms with E-state index >= 15 is 0 Å². The Morgan fingerprint density at radius 2 is 1.10 bits per heavy atom. The first-order valence-electron chi connectivity index (χ1n) is 5.29. The minimum Gasteiger partial charge on any atom is -0.507 e. The zero-order valence-corrected chi connectivity index (χ0v) is 9.93. The van der Waals surface area contributed by atoms with Crippen LogP contribution in [0.25, 0.3) is 0 Å². The highest BCUT2D eigenvalue weighted by Gasteiger charge is 2.24. The second-order valence-corrected chi connectivity index (χ2v) is 3.40. The molecule has 0 amide bonds. The van der Waals surface area contributed by atoms with Crippen LogP contribution >= 0.6 is 0 Å². The van der Waals surface area contributed by atoms with Crippen molar-refractivity contribution in [1.82, 2.24) is 0 Å². The maximum absolute atomic E-state index is 12.7. The summed E-state index contributed by atoms with van der Waals surface area (Å²) >= 11 is 0. The topological polar surface area (TPSA) is 49.7 Å². The number of rotatable bonds is 2. The molecule has 0 aliphatic carbocycles. The molecule has 2 rings (SSSR count). The molecule has 0 bridgehead atoms. The van der Waals surface area contributed by atoms with Crippen molar-refractivity contribution in [1.29, 1.82) is 0 Å². The summed E-state index contributed by atoms with van der Waals surface area (Å²) in [5.74, 6) is -8.58. The molecule has 0 heterocycles. The van der Waals surface area contributed by atoms with Crippen molar-refractivity contribution < 1.29 is 32.3 Å². The largest absolute Gasteiger partial charge is 0.707 e. The predicted octanol–water partition coefficient (Wildman–Crippen LogP) is 2.28. The molecule has 106 valence electrons. The van der Waals surface area contributed by atoms with Crippen LogP contribution in [0.1, 0.15) is 0 Å². The summed E-state index contributed by atoms with van der Waals surface area (Å²) < 4.78 is 54.0. The summed E-state index contributed by atoms with van der Waals surface area (Å²) in [4.78, 5) is 0. The second-order valence-electron chi connectivity index (χ2n) is 3.40. The van der Waals surface area contributed by atoms with Crippen LogP contribution in [0.3, 0.4) is 0 Å². The Kier molecular flexibility index (Phi) is 6.01. The number of hydrogen-bond acceptors (Lipinski definition) is 3. The summed E-state index contributed by atoms with van der Waals surface area (Å²) in [5, 5.41) is 16.4. The van der Waals surface area contributed by atoms with Crippen LogP contribution in [0.2, 0.25) is 0 Å². The van der Waals surface area contributed by atoms with Gasteiger partial charge in [-0.1, -0.05) is 36.4 Å². The summed E-state index contributed by atoms with van der Waals surface area (Å²) in [6.45, 7) is 0. The highest BCUT2D eigenvalue weighted by molar-refractivity contribution is 6.33. The lowest BCUT2D eigenvalue weighted by Gasteiger charge is -2.07. The van der Waals surface area contributed by atoms with E-state index in [9.17, 15) is 17.6 Å². The van der Waals surface area contributed by atoms with Gasteiger partial charge in [0.25, 0.3) is 0 Å². The van der Waals surface area contributed by atoms with Crippen molar-refractivity contribution in [3.8, 4) is 5.75 Å². The van der Waals surface area contributed by atoms with Gasteiger partial charge in [-0.05, 0) is 0 Å². The van der Waals surface area contributed by atoms with E-state index in [1.165, 1.54) is 0 Å². The normalized spacial score (nSPS) is 9.50. The Bertz CT molecular complexity index is 499. The molecular weight excluding hydrogens is 279 g/mol. The molecule has 0 aromatic heterocycles. The van der Waals surface area contributed by atoms with Crippen molar-refractivity contribution in [2.45, 2.75) is 0 Å². The maximum atomic E-state index is 12.7. The average molecular weight is 288 g/mol. The van der Waals surface area contributed by atoms with Crippen molar-refractivity contribution in [3.05, 3.63) is 65.7 Å². The molecular formula is C12H9BF4O3. The van der Waals surface area contributed by atoms with Gasteiger partial charge in [0.2, 0.25) is 11.6 Å². The van der Waals surface area contributed by atoms with E-state index in [4.69, 9.17) is 10.0 Å². The van der Waals surface area contributed by atoms with E-state index in [1.54, 1.807) is 0 Å². The smallest absolute Gasteiger partial charge is 0.507 e. The Morgan fingerprint density at radius 1 is 0.750 bits per heavy atom. The minimum absolute atomic E-state index is 0.0265. The average Bonchev–Trinajstić information content (AvgIpc) is 2.44. The second kappa shape index (κ2) is 7.51. The SMILES string of the molecule is OB(O)Oc1c(F)c(F)cc(F)c1F.c1ccccc1. The van der Waals surface area contributed by atoms with E-state index in [1.807, 2.05) is 36.4 Å². The molecule has 0 atom stereocenters. The summed E-state index contributed by atoms with van der Waals surface area (Å²) in [7, 11) is -2.57. The van der Waals surface area contributed by atoms with Crippen LogP contribution in [0.4, 0.5) is 17.6 Å². The Hall–Kier alpha value is -2.06. The van der Waals surface area contributed by atoms with Crippen LogP contribution in [-0.2, 0) is 0 Å². The fraction of sp³-hybridized carbons (Fsp3) is 0. The summed E-state index contributed by atoms with van der Waals surface area (Å²) in [6, 6.07) is 12.0. The molecule has 0 saturated carbocycles. The number of hydrogen-bond donors (Lipinski definition) is 2. The summed E-state index contributed by atoms with van der Waals surface area (Å²) in [5.41, 5.74) is 0. The van der Waals surface area contributed by atoms with E-state index in [-0.39, 0.29) is 6.07 Å². The molecule has 0 unspecified atom stereocenters. The van der Waals surface area contributed by atoms with Gasteiger partial charge in [-0.3, -0.25) is 0 Å². The van der Waals surface area contributed by atoms with Gasteiger partial charge in [-0.25, -0.2) is 8.78 Å². The van der Waals surface area contributed by atoms with Crippen LogP contribution in [-0.4, -0.2) is 17.4 Å². The first-order chi connectivity index (χ1) is 9.43. The molecule has 20 heavy (non-hydrogen) atoms. The van der Waals surface area contributed by atoms with Crippen molar-refractivity contribution in [2.75, 3.05) is 0 Å². The van der Waals surface area contributed by atoms with Gasteiger partial charge in [0.1, 0.15) is 0 Å². The number of halogens is 4. The monoisotopic (exact) mass is 288 g/mol. The zero-order valence-electron chi connectivity index (χ0n) is 9.93. The van der Waals surface area contributed by atoms with Crippen LogP contribution in [0, 0.1) is 23.3 Å². The minimum atomic E-state index is -2.57. The van der Waals surface area contributed by atoms with Crippen molar-refractivity contribution >= 4 is 7.32 Å². The highest BCUT2D eigenvalue weighted by Crippen LogP contribution is 2.26. The van der Waals surface area contributed by atoms with Gasteiger partial charge in [0.05, 0.1) is 0 Å². The lowest BCUT2D eigenvalue weighted by atomic mass is 10.2. The van der Waals surface area contributed by atoms with Crippen LogP contribution < -0.4 is 4.65 Å². The Balaban J connectivity index is 0.000000276. The third kappa shape index (κ3) is 4.56. The Labute approximate surface area is 112 Å². The molecule has 0 aliphatic rings. The fourth-order valence-electron chi connectivity index (χ4n) is 1.15. The number of benzene rings is 2. The molecule has 2 aromatic rings. The first-order valence-corrected chi connectivity index (χ1v) is 5.29. The zero-order chi connectivity index (χ0) is 15.1. The van der Waals surface area contributed by atoms with Crippen LogP contribution in [0.15, 0.2) is 42.5 Å². The first kappa shape index (κ1) is 16.0. The predicted molar refractivity (Wildman–Crippen MR) is 63.5 cm³/mol. The van der Waals surface area contributed by atoms with E-state index in [0.717, 1.165) is 0 Å². The third-order valence-electron chi connectivity index (χ3n) is 1.96. The molecule has 2 aromatic carbocycles. The van der Waals surface area contributed by atoms with Gasteiger partial charge in [-0.15, -0.1) is 0 Å². The van der Waals surface area contributed by atoms with E-state index in [0.29, 0.717) is 0 Å². The van der Waals surface area contributed by atoms with Gasteiger partial charge in [0, 0.05) is 6.07 Å². The van der Waals surface area contributed by atoms with Gasteiger partial charge < -0.3 is 14.7 Å². The van der Waals surface area contributed by atoms with Crippen LogP contribution in [0.5, 0.6) is 5.75 Å². The quantitative estimate of drug-likeness (QED) is 0.506. The lowest BCUT2D eigenvalue weighted by molar-refractivity contribution is 0.268. The van der Waals surface area contributed by atoms with E-state index < -0.39 is 36.3 Å². The van der Waals surface area contributed by atoms with Gasteiger partial charge >= 0.3 is 7.32 Å². The summed E-state index contributed by atoms with van der Waals surface area (Å²) in [6.07, 6.45) is 0. The van der Waals surface area contributed by atoms with Gasteiger partial charge in [-0.2, -0.15) is 8.78 Å². The molecule has 0 fully saturated rings. The lowest BCUT2D eigenvalue weighted by Crippen LogP contribution is -2.22. The molecule has 8 heteroatoms. The molecule has 0 aliphatic heterocycles. The molecule has 0 spiro atoms. The van der Waals surface area contributed by atoms with Crippen molar-refractivity contribution in [3.63, 3.8) is 0 Å².